The topological polar surface area (TPSA) is 20.3 Å². The Hall–Kier alpha value is -0.530. The maximum absolute atomic E-state index is 11.2. The van der Waals surface area contributed by atoms with Gasteiger partial charge in [0.2, 0.25) is 5.91 Å². The minimum atomic E-state index is -0.0603. The summed E-state index contributed by atoms with van der Waals surface area (Å²) in [5.74, 6) is 0.314. The van der Waals surface area contributed by atoms with E-state index in [2.05, 4.69) is 6.92 Å². The van der Waals surface area contributed by atoms with Gasteiger partial charge in [-0.3, -0.25) is 4.79 Å². The van der Waals surface area contributed by atoms with Crippen molar-refractivity contribution in [3.05, 3.63) is 0 Å². The van der Waals surface area contributed by atoms with Gasteiger partial charge in [0.1, 0.15) is 0 Å². The van der Waals surface area contributed by atoms with Crippen LogP contribution in [-0.2, 0) is 4.79 Å². The Morgan fingerprint density at radius 2 is 2.20 bits per heavy atom. The largest absolute Gasteiger partial charge is 0.341 e. The third-order valence-corrected chi connectivity index (χ3v) is 1.95. The molecule has 58 valence electrons. The van der Waals surface area contributed by atoms with E-state index < -0.39 is 0 Å². The highest BCUT2D eigenvalue weighted by Gasteiger charge is 2.43. The zero-order valence-corrected chi connectivity index (χ0v) is 6.98. The molecule has 1 aliphatic heterocycles. The van der Waals surface area contributed by atoms with Gasteiger partial charge in [-0.1, -0.05) is 6.92 Å². The van der Waals surface area contributed by atoms with Crippen LogP contribution in [0.15, 0.2) is 0 Å². The Morgan fingerprint density at radius 1 is 1.60 bits per heavy atom. The van der Waals surface area contributed by atoms with Crippen molar-refractivity contribution >= 4 is 5.91 Å². The summed E-state index contributed by atoms with van der Waals surface area (Å²) in [7, 11) is 0. The van der Waals surface area contributed by atoms with Crippen molar-refractivity contribution in [3.8, 4) is 0 Å². The quantitative estimate of drug-likeness (QED) is 0.530. The lowest BCUT2D eigenvalue weighted by Crippen LogP contribution is -2.58. The number of carbonyl (C=O) groups excluding carboxylic acids is 1. The lowest BCUT2D eigenvalue weighted by atomic mass is 9.83. The maximum Gasteiger partial charge on any atom is 0.230 e. The molecule has 1 amide bonds. The summed E-state index contributed by atoms with van der Waals surface area (Å²) in [6.45, 7) is 7.98. The van der Waals surface area contributed by atoms with Crippen LogP contribution >= 0.6 is 0 Å². The van der Waals surface area contributed by atoms with Crippen molar-refractivity contribution in [2.24, 2.45) is 5.41 Å². The number of β-lactam (4-membered cyclic amide) rings is 1. The minimum Gasteiger partial charge on any atom is -0.341 e. The molecule has 2 heteroatoms. The summed E-state index contributed by atoms with van der Waals surface area (Å²) < 4.78 is 0. The molecule has 1 aliphatic rings. The molecule has 2 nitrogen and oxygen atoms in total. The SMILES string of the molecule is CCCN1CC(C)(C)C1=O. The highest BCUT2D eigenvalue weighted by atomic mass is 16.2. The van der Waals surface area contributed by atoms with Crippen LogP contribution in [0.3, 0.4) is 0 Å². The molecule has 0 spiro atoms. The van der Waals surface area contributed by atoms with Crippen LogP contribution < -0.4 is 0 Å². The molecule has 0 saturated carbocycles. The van der Waals surface area contributed by atoms with Crippen LogP contribution in [0, 0.1) is 5.41 Å². The Bertz CT molecular complexity index is 151. The van der Waals surface area contributed by atoms with Crippen LogP contribution in [0.25, 0.3) is 0 Å². The summed E-state index contributed by atoms with van der Waals surface area (Å²) in [5, 5.41) is 0. The monoisotopic (exact) mass is 141 g/mol. The number of likely N-dealkylation sites (tertiary alicyclic amines) is 1. The number of rotatable bonds is 2. The van der Waals surface area contributed by atoms with Gasteiger partial charge in [0.15, 0.2) is 0 Å². The van der Waals surface area contributed by atoms with Gasteiger partial charge < -0.3 is 4.90 Å². The summed E-state index contributed by atoms with van der Waals surface area (Å²) >= 11 is 0. The molecule has 1 fully saturated rings. The predicted molar refractivity (Wildman–Crippen MR) is 40.7 cm³/mol. The number of carbonyl (C=O) groups is 1. The Balaban J connectivity index is 2.40. The number of nitrogens with zero attached hydrogens (tertiary/aromatic N) is 1. The van der Waals surface area contributed by atoms with E-state index >= 15 is 0 Å². The van der Waals surface area contributed by atoms with Crippen molar-refractivity contribution < 1.29 is 4.79 Å². The third kappa shape index (κ3) is 1.02. The first-order chi connectivity index (χ1) is 4.58. The molecule has 1 heterocycles. The highest BCUT2D eigenvalue weighted by molar-refractivity contribution is 5.87. The third-order valence-electron chi connectivity index (χ3n) is 1.95. The van der Waals surface area contributed by atoms with E-state index in [0.717, 1.165) is 19.5 Å². The van der Waals surface area contributed by atoms with Crippen molar-refractivity contribution in [2.75, 3.05) is 13.1 Å². The van der Waals surface area contributed by atoms with Crippen LogP contribution in [-0.4, -0.2) is 23.9 Å². The molecule has 0 atom stereocenters. The van der Waals surface area contributed by atoms with E-state index in [0.29, 0.717) is 5.91 Å². The fourth-order valence-corrected chi connectivity index (χ4v) is 1.40. The van der Waals surface area contributed by atoms with Gasteiger partial charge in [0.25, 0.3) is 0 Å². The van der Waals surface area contributed by atoms with Crippen LogP contribution in [0.5, 0.6) is 0 Å². The number of hydrogen-bond acceptors (Lipinski definition) is 1. The molecule has 0 bridgehead atoms. The van der Waals surface area contributed by atoms with E-state index in [1.54, 1.807) is 0 Å². The zero-order chi connectivity index (χ0) is 7.78. The fourth-order valence-electron chi connectivity index (χ4n) is 1.40. The zero-order valence-electron chi connectivity index (χ0n) is 6.98. The Labute approximate surface area is 62.2 Å². The van der Waals surface area contributed by atoms with E-state index in [1.165, 1.54) is 0 Å². The normalized spacial score (nSPS) is 22.7. The van der Waals surface area contributed by atoms with Gasteiger partial charge in [0.05, 0.1) is 5.41 Å². The predicted octanol–water partition coefficient (Wildman–Crippen LogP) is 1.26. The second-order valence-corrected chi connectivity index (χ2v) is 3.61. The smallest absolute Gasteiger partial charge is 0.230 e. The van der Waals surface area contributed by atoms with E-state index in [9.17, 15) is 4.79 Å². The van der Waals surface area contributed by atoms with Crippen molar-refractivity contribution in [1.82, 2.24) is 4.90 Å². The van der Waals surface area contributed by atoms with Crippen molar-refractivity contribution in [2.45, 2.75) is 27.2 Å². The van der Waals surface area contributed by atoms with Crippen LogP contribution in [0.2, 0.25) is 0 Å². The van der Waals surface area contributed by atoms with Gasteiger partial charge in [-0.2, -0.15) is 0 Å². The number of amides is 1. The first-order valence-electron chi connectivity index (χ1n) is 3.87. The lowest BCUT2D eigenvalue weighted by Gasteiger charge is -2.44. The van der Waals surface area contributed by atoms with Crippen molar-refractivity contribution in [3.63, 3.8) is 0 Å². The lowest BCUT2D eigenvalue weighted by molar-refractivity contribution is -0.156. The van der Waals surface area contributed by atoms with Gasteiger partial charge >= 0.3 is 0 Å². The molecular formula is C8H15NO. The molecule has 0 aromatic heterocycles. The van der Waals surface area contributed by atoms with Crippen LogP contribution in [0.1, 0.15) is 27.2 Å². The average Bonchev–Trinajstić information content (AvgIpc) is 1.87. The highest BCUT2D eigenvalue weighted by Crippen LogP contribution is 2.30. The number of hydrogen-bond donors (Lipinski definition) is 0. The molecule has 0 N–H and O–H groups in total. The molecular weight excluding hydrogens is 126 g/mol. The summed E-state index contributed by atoms with van der Waals surface area (Å²) in [5.41, 5.74) is -0.0603. The van der Waals surface area contributed by atoms with Gasteiger partial charge in [0, 0.05) is 13.1 Å². The minimum absolute atomic E-state index is 0.0603. The second kappa shape index (κ2) is 2.26. The summed E-state index contributed by atoms with van der Waals surface area (Å²) in [6.07, 6.45) is 1.07. The molecule has 10 heavy (non-hydrogen) atoms. The molecule has 0 aliphatic carbocycles. The fraction of sp³-hybridized carbons (Fsp3) is 0.875. The van der Waals surface area contributed by atoms with E-state index in [1.807, 2.05) is 18.7 Å². The molecule has 0 aromatic carbocycles. The first-order valence-corrected chi connectivity index (χ1v) is 3.87. The molecule has 0 radical (unpaired) electrons. The first kappa shape index (κ1) is 7.58. The Kier molecular flexibility index (Phi) is 1.71. The van der Waals surface area contributed by atoms with Crippen molar-refractivity contribution in [1.29, 1.82) is 0 Å². The molecule has 1 saturated heterocycles. The molecule has 0 aromatic rings. The maximum atomic E-state index is 11.2. The average molecular weight is 141 g/mol. The Morgan fingerprint density at radius 3 is 2.50 bits per heavy atom. The second-order valence-electron chi connectivity index (χ2n) is 3.61. The van der Waals surface area contributed by atoms with Crippen LogP contribution in [0.4, 0.5) is 0 Å². The van der Waals surface area contributed by atoms with Gasteiger partial charge in [-0.25, -0.2) is 0 Å². The summed E-state index contributed by atoms with van der Waals surface area (Å²) in [6, 6.07) is 0. The summed E-state index contributed by atoms with van der Waals surface area (Å²) in [4.78, 5) is 13.1. The standard InChI is InChI=1S/C8H15NO/c1-4-5-9-6-8(2,3)7(9)10/h4-6H2,1-3H3. The van der Waals surface area contributed by atoms with Gasteiger partial charge in [-0.15, -0.1) is 0 Å². The molecule has 1 rings (SSSR count). The van der Waals surface area contributed by atoms with Gasteiger partial charge in [-0.05, 0) is 20.3 Å². The van der Waals surface area contributed by atoms with E-state index in [4.69, 9.17) is 0 Å². The molecule has 0 unspecified atom stereocenters. The van der Waals surface area contributed by atoms with E-state index in [-0.39, 0.29) is 5.41 Å².